The average Bonchev–Trinajstić information content (AvgIpc) is 3.39. The van der Waals surface area contributed by atoms with Gasteiger partial charge in [-0.25, -0.2) is 23.4 Å². The lowest BCUT2D eigenvalue weighted by Crippen LogP contribution is -2.59. The molecule has 1 aromatic carbocycles. The molecule has 0 aliphatic carbocycles. The number of hydrogen-bond acceptors (Lipinski definition) is 9. The van der Waals surface area contributed by atoms with Crippen LogP contribution in [0.15, 0.2) is 36.1 Å². The zero-order chi connectivity index (χ0) is 23.8. The molecule has 3 N–H and O–H groups in total. The van der Waals surface area contributed by atoms with Gasteiger partial charge in [-0.05, 0) is 31.4 Å². The van der Waals surface area contributed by atoms with Gasteiger partial charge in [0.15, 0.2) is 0 Å². The highest BCUT2D eigenvalue weighted by Gasteiger charge is 2.48. The Bertz CT molecular complexity index is 1310. The molecular weight excluding hydrogens is 474 g/mol. The number of thiazole rings is 1. The van der Waals surface area contributed by atoms with Gasteiger partial charge in [0.25, 0.3) is 0 Å². The molecule has 2 aliphatic heterocycles. The summed E-state index contributed by atoms with van der Waals surface area (Å²) in [6.07, 6.45) is 4.01. The SMILES string of the molecule is CCCS(=O)(=O)Nc1ccccc1NC(=O)CN1CC2CCC(c3ncnc4scnc34)(C1)N2. The van der Waals surface area contributed by atoms with Crippen LogP contribution in [0.4, 0.5) is 11.4 Å². The largest absolute Gasteiger partial charge is 0.323 e. The molecular formula is C22H27N7O3S2. The van der Waals surface area contributed by atoms with E-state index in [1.165, 1.54) is 11.3 Å². The van der Waals surface area contributed by atoms with Crippen molar-refractivity contribution in [2.24, 2.45) is 0 Å². The Balaban J connectivity index is 1.31. The van der Waals surface area contributed by atoms with Gasteiger partial charge in [-0.3, -0.25) is 14.4 Å². The van der Waals surface area contributed by atoms with Crippen LogP contribution in [0, 0.1) is 0 Å². The lowest BCUT2D eigenvalue weighted by atomic mass is 9.91. The van der Waals surface area contributed by atoms with Gasteiger partial charge in [0, 0.05) is 19.1 Å². The average molecular weight is 502 g/mol. The van der Waals surface area contributed by atoms with Crippen molar-refractivity contribution in [1.82, 2.24) is 25.2 Å². The molecule has 2 atom stereocenters. The number of carbonyl (C=O) groups is 1. The second kappa shape index (κ2) is 9.17. The van der Waals surface area contributed by atoms with Crippen LogP contribution in [-0.2, 0) is 20.4 Å². The maximum absolute atomic E-state index is 13.0. The molecule has 2 saturated heterocycles. The number of rotatable bonds is 8. The summed E-state index contributed by atoms with van der Waals surface area (Å²) in [5.41, 5.74) is 3.94. The van der Waals surface area contributed by atoms with E-state index in [1.54, 1.807) is 43.0 Å². The monoisotopic (exact) mass is 501 g/mol. The topological polar surface area (TPSA) is 129 Å². The van der Waals surface area contributed by atoms with E-state index in [1.807, 2.05) is 0 Å². The number of piperazine rings is 1. The number of sulfonamides is 1. The summed E-state index contributed by atoms with van der Waals surface area (Å²) in [7, 11) is -3.47. The second-order valence-corrected chi connectivity index (χ2v) is 11.5. The van der Waals surface area contributed by atoms with Crippen molar-refractivity contribution in [1.29, 1.82) is 0 Å². The molecule has 2 aromatic heterocycles. The van der Waals surface area contributed by atoms with Gasteiger partial charge in [-0.2, -0.15) is 0 Å². The minimum Gasteiger partial charge on any atom is -0.323 e. The van der Waals surface area contributed by atoms with Crippen LogP contribution in [0.1, 0.15) is 31.9 Å². The Kier molecular flexibility index (Phi) is 6.23. The van der Waals surface area contributed by atoms with Crippen molar-refractivity contribution >= 4 is 49.0 Å². The van der Waals surface area contributed by atoms with E-state index in [-0.39, 0.29) is 29.8 Å². The van der Waals surface area contributed by atoms with Crippen molar-refractivity contribution in [3.05, 3.63) is 41.8 Å². The third-order valence-electron chi connectivity index (χ3n) is 6.27. The summed E-state index contributed by atoms with van der Waals surface area (Å²) in [5, 5.41) is 6.61. The molecule has 10 nitrogen and oxygen atoms in total. The summed E-state index contributed by atoms with van der Waals surface area (Å²) in [5.74, 6) is -0.172. The predicted octanol–water partition coefficient (Wildman–Crippen LogP) is 2.14. The van der Waals surface area contributed by atoms with Gasteiger partial charge in [0.2, 0.25) is 15.9 Å². The molecule has 34 heavy (non-hydrogen) atoms. The first kappa shape index (κ1) is 23.1. The van der Waals surface area contributed by atoms with E-state index < -0.39 is 10.0 Å². The third-order valence-corrected chi connectivity index (χ3v) is 8.48. The number of para-hydroxylation sites is 2. The summed E-state index contributed by atoms with van der Waals surface area (Å²) in [4.78, 5) is 29.4. The number of likely N-dealkylation sites (tertiary alicyclic amines) is 1. The van der Waals surface area contributed by atoms with Crippen LogP contribution in [0.5, 0.6) is 0 Å². The van der Waals surface area contributed by atoms with Gasteiger partial charge in [0.1, 0.15) is 16.7 Å². The van der Waals surface area contributed by atoms with Crippen molar-refractivity contribution in [2.75, 3.05) is 35.4 Å². The molecule has 4 heterocycles. The Labute approximate surface area is 202 Å². The minimum atomic E-state index is -3.47. The second-order valence-electron chi connectivity index (χ2n) is 8.87. The predicted molar refractivity (Wildman–Crippen MR) is 132 cm³/mol. The summed E-state index contributed by atoms with van der Waals surface area (Å²) >= 11 is 1.49. The molecule has 1 amide bonds. The van der Waals surface area contributed by atoms with Crippen LogP contribution >= 0.6 is 11.3 Å². The first-order valence-electron chi connectivity index (χ1n) is 11.3. The molecule has 2 bridgehead atoms. The minimum absolute atomic E-state index is 0.0226. The number of amides is 1. The molecule has 2 aliphatic rings. The summed E-state index contributed by atoms with van der Waals surface area (Å²) in [6, 6.07) is 7.11. The fourth-order valence-corrected chi connectivity index (χ4v) is 6.74. The van der Waals surface area contributed by atoms with Crippen molar-refractivity contribution in [3.63, 3.8) is 0 Å². The number of nitrogens with one attached hydrogen (secondary N) is 3. The van der Waals surface area contributed by atoms with Gasteiger partial charge < -0.3 is 10.6 Å². The molecule has 2 fully saturated rings. The highest BCUT2D eigenvalue weighted by atomic mass is 32.2. The van der Waals surface area contributed by atoms with Gasteiger partial charge >= 0.3 is 0 Å². The maximum atomic E-state index is 13.0. The number of fused-ring (bicyclic) bond motifs is 3. The van der Waals surface area contributed by atoms with Crippen molar-refractivity contribution < 1.29 is 13.2 Å². The number of hydrogen-bond donors (Lipinski definition) is 3. The lowest BCUT2D eigenvalue weighted by Gasteiger charge is -2.40. The third kappa shape index (κ3) is 4.63. The summed E-state index contributed by atoms with van der Waals surface area (Å²) < 4.78 is 27.0. The fourth-order valence-electron chi connectivity index (χ4n) is 4.96. The highest BCUT2D eigenvalue weighted by molar-refractivity contribution is 7.92. The summed E-state index contributed by atoms with van der Waals surface area (Å²) in [6.45, 7) is 3.39. The zero-order valence-electron chi connectivity index (χ0n) is 18.8. The molecule has 0 saturated carbocycles. The lowest BCUT2D eigenvalue weighted by molar-refractivity contribution is -0.117. The number of carbonyl (C=O) groups excluding carboxylic acids is 1. The molecule has 0 spiro atoms. The van der Waals surface area contributed by atoms with E-state index in [0.29, 0.717) is 24.3 Å². The molecule has 5 rings (SSSR count). The quantitative estimate of drug-likeness (QED) is 0.428. The maximum Gasteiger partial charge on any atom is 0.238 e. The Hall–Kier alpha value is -2.67. The van der Waals surface area contributed by atoms with Crippen LogP contribution in [0.25, 0.3) is 10.3 Å². The van der Waals surface area contributed by atoms with E-state index in [2.05, 4.69) is 35.2 Å². The normalized spacial score (nSPS) is 22.7. The number of anilines is 2. The van der Waals surface area contributed by atoms with Crippen LogP contribution in [0.2, 0.25) is 0 Å². The fraction of sp³-hybridized carbons (Fsp3) is 0.455. The van der Waals surface area contributed by atoms with Crippen LogP contribution in [-0.4, -0.2) is 65.6 Å². The first-order valence-corrected chi connectivity index (χ1v) is 13.8. The smallest absolute Gasteiger partial charge is 0.238 e. The van der Waals surface area contributed by atoms with E-state index in [4.69, 9.17) is 0 Å². The standard InChI is InChI=1S/C22H27N7O3S2/c1-2-9-34(31,32)28-17-6-4-3-5-16(17)26-18(30)11-29-10-15-7-8-22(12-29,27-15)20-19-21(24-13-23-20)33-14-25-19/h3-6,13-15,27-28H,2,7-12H2,1H3,(H,26,30). The van der Waals surface area contributed by atoms with Crippen LogP contribution in [0.3, 0.4) is 0 Å². The van der Waals surface area contributed by atoms with Crippen molar-refractivity contribution in [2.45, 2.75) is 37.8 Å². The van der Waals surface area contributed by atoms with E-state index >= 15 is 0 Å². The molecule has 180 valence electrons. The first-order chi connectivity index (χ1) is 16.4. The molecule has 0 radical (unpaired) electrons. The van der Waals surface area contributed by atoms with Gasteiger partial charge in [-0.15, -0.1) is 11.3 Å². The number of benzene rings is 1. The van der Waals surface area contributed by atoms with Crippen molar-refractivity contribution in [3.8, 4) is 0 Å². The van der Waals surface area contributed by atoms with Gasteiger partial charge in [0.05, 0.1) is 40.4 Å². The van der Waals surface area contributed by atoms with Gasteiger partial charge in [-0.1, -0.05) is 19.1 Å². The number of aromatic nitrogens is 3. The molecule has 2 unspecified atom stereocenters. The molecule has 12 heteroatoms. The molecule has 3 aromatic rings. The Morgan fingerprint density at radius 2 is 2.09 bits per heavy atom. The Morgan fingerprint density at radius 1 is 1.26 bits per heavy atom. The highest BCUT2D eigenvalue weighted by Crippen LogP contribution is 2.39. The zero-order valence-corrected chi connectivity index (χ0v) is 20.5. The van der Waals surface area contributed by atoms with E-state index in [9.17, 15) is 13.2 Å². The Morgan fingerprint density at radius 3 is 2.91 bits per heavy atom. The van der Waals surface area contributed by atoms with E-state index in [0.717, 1.165) is 35.4 Å². The van der Waals surface area contributed by atoms with Crippen LogP contribution < -0.4 is 15.4 Å². The number of nitrogens with zero attached hydrogens (tertiary/aromatic N) is 4.